The molecule has 0 saturated heterocycles. The number of anilines is 3. The lowest BCUT2D eigenvalue weighted by Crippen LogP contribution is -2.49. The smallest absolute Gasteiger partial charge is 0.267 e. The fourth-order valence-corrected chi connectivity index (χ4v) is 7.24. The van der Waals surface area contributed by atoms with Crippen LogP contribution in [0.4, 0.5) is 17.1 Å². The lowest BCUT2D eigenvalue weighted by Gasteiger charge is -2.38. The number of carbonyl (C=O) groups excluding carboxylic acids is 2. The molecule has 0 radical (unpaired) electrons. The highest BCUT2D eigenvalue weighted by Crippen LogP contribution is 2.36. The third-order valence-electron chi connectivity index (χ3n) is 8.54. The number of ether oxygens (including phenoxy) is 1. The minimum absolute atomic E-state index is 0.0878. The van der Waals surface area contributed by atoms with E-state index in [2.05, 4.69) is 20.1 Å². The second-order valence-corrected chi connectivity index (χ2v) is 14.1. The van der Waals surface area contributed by atoms with E-state index < -0.39 is 22.2 Å². The zero-order chi connectivity index (χ0) is 35.5. The van der Waals surface area contributed by atoms with E-state index in [0.29, 0.717) is 36.6 Å². The third kappa shape index (κ3) is 7.88. The number of nitrogens with two attached hydrogens (primary N) is 1. The summed E-state index contributed by atoms with van der Waals surface area (Å²) in [6.45, 7) is 7.75. The van der Waals surface area contributed by atoms with E-state index in [4.69, 9.17) is 15.0 Å². The summed E-state index contributed by atoms with van der Waals surface area (Å²) in [4.78, 5) is 30.2. The molecule has 4 aromatic rings. The number of fused-ring (bicyclic) bond motifs is 1. The van der Waals surface area contributed by atoms with Gasteiger partial charge in [0.1, 0.15) is 11.8 Å². The molecule has 0 fully saturated rings. The number of sulfonamides is 1. The van der Waals surface area contributed by atoms with Gasteiger partial charge < -0.3 is 30.3 Å². The zero-order valence-electron chi connectivity index (χ0n) is 28.1. The number of aromatic nitrogens is 1. The van der Waals surface area contributed by atoms with E-state index in [1.165, 1.54) is 13.8 Å². The molecule has 5 rings (SSSR count). The Hall–Kier alpha value is -4.92. The Labute approximate surface area is 286 Å². The molecule has 3 atom stereocenters. The van der Waals surface area contributed by atoms with Crippen molar-refractivity contribution >= 4 is 38.9 Å². The summed E-state index contributed by atoms with van der Waals surface area (Å²) in [5.41, 5.74) is 8.88. The molecule has 5 N–H and O–H groups in total. The molecular formula is C35H42N6O7S. The summed E-state index contributed by atoms with van der Waals surface area (Å²) in [7, 11) is -2.23. The molecule has 13 nitrogen and oxygen atoms in total. The van der Waals surface area contributed by atoms with Gasteiger partial charge in [0.05, 0.1) is 35.3 Å². The fourth-order valence-electron chi connectivity index (χ4n) is 5.85. The first-order valence-electron chi connectivity index (χ1n) is 15.9. The van der Waals surface area contributed by atoms with Crippen molar-refractivity contribution in [2.75, 3.05) is 42.5 Å². The number of aryl methyl sites for hydroxylation is 2. The maximum Gasteiger partial charge on any atom is 0.267 e. The van der Waals surface area contributed by atoms with Crippen LogP contribution in [0.2, 0.25) is 0 Å². The summed E-state index contributed by atoms with van der Waals surface area (Å²) in [5, 5.41) is 16.6. The van der Waals surface area contributed by atoms with E-state index in [9.17, 15) is 23.1 Å². The Bertz CT molecular complexity index is 1910. The fraction of sp³-hybridized carbons (Fsp3) is 0.343. The molecule has 3 aromatic carbocycles. The predicted octanol–water partition coefficient (Wildman–Crippen LogP) is 4.28. The summed E-state index contributed by atoms with van der Waals surface area (Å²) >= 11 is 0. The summed E-state index contributed by atoms with van der Waals surface area (Å²) in [6, 6.07) is 18.5. The van der Waals surface area contributed by atoms with Gasteiger partial charge in [0, 0.05) is 31.1 Å². The molecule has 0 aliphatic carbocycles. The average molecular weight is 691 g/mol. The molecule has 0 bridgehead atoms. The Balaban J connectivity index is 1.38. The van der Waals surface area contributed by atoms with Gasteiger partial charge in [-0.15, -0.1) is 0 Å². The molecule has 260 valence electrons. The number of aliphatic hydroxyl groups excluding tert-OH is 1. The highest BCUT2D eigenvalue weighted by molar-refractivity contribution is 7.92. The van der Waals surface area contributed by atoms with Crippen LogP contribution >= 0.6 is 0 Å². The average Bonchev–Trinajstić information content (AvgIpc) is 3.42. The van der Waals surface area contributed by atoms with Gasteiger partial charge >= 0.3 is 0 Å². The second-order valence-electron chi connectivity index (χ2n) is 12.5. The number of nitrogens with zero attached hydrogens (tertiary/aromatic N) is 3. The van der Waals surface area contributed by atoms with E-state index >= 15 is 0 Å². The number of hydrogen-bond acceptors (Lipinski definition) is 10. The number of amides is 2. The zero-order valence-corrected chi connectivity index (χ0v) is 29.0. The van der Waals surface area contributed by atoms with Crippen LogP contribution in [0.5, 0.6) is 5.75 Å². The molecule has 0 unspecified atom stereocenters. The minimum atomic E-state index is -4.16. The van der Waals surface area contributed by atoms with Gasteiger partial charge in [0.25, 0.3) is 21.8 Å². The molecule has 2 amide bonds. The number of nitrogens with one attached hydrogen (secondary N) is 2. The maximum atomic E-state index is 13.8. The first kappa shape index (κ1) is 35.4. The van der Waals surface area contributed by atoms with Crippen LogP contribution in [0.15, 0.2) is 76.1 Å². The van der Waals surface area contributed by atoms with Crippen molar-refractivity contribution < 1.29 is 32.4 Å². The normalized spacial score (nSPS) is 17.1. The molecule has 1 aliphatic rings. The number of para-hydroxylation sites is 3. The highest BCUT2D eigenvalue weighted by Gasteiger charge is 2.35. The molecule has 14 heteroatoms. The van der Waals surface area contributed by atoms with Gasteiger partial charge in [-0.3, -0.25) is 19.2 Å². The first-order valence-corrected chi connectivity index (χ1v) is 17.4. The molecular weight excluding hydrogens is 648 g/mol. The standard InChI is InChI=1S/C35H42N6O7S/c1-21-17-41(22(2)20-42)35(44)27-9-8-12-30(39-49(45,46)33-23(3)38-48-24(33)4)32(27)47-31(21)19-40(5)18-25-13-15-26(16-14-25)34(43)37-29-11-7-6-10-28(29)36/h6-16,21-22,31,39,42H,17-20,36H2,1-5H3,(H,37,43)/t21-,22+,31-/m1/s1. The van der Waals surface area contributed by atoms with Gasteiger partial charge in [0.2, 0.25) is 0 Å². The van der Waals surface area contributed by atoms with Crippen molar-refractivity contribution in [3.63, 3.8) is 0 Å². The third-order valence-corrected chi connectivity index (χ3v) is 10.2. The number of aliphatic hydroxyl groups is 1. The first-order chi connectivity index (χ1) is 23.3. The van der Waals surface area contributed by atoms with Crippen LogP contribution in [0.1, 0.15) is 51.6 Å². The van der Waals surface area contributed by atoms with Crippen LogP contribution in [0, 0.1) is 19.8 Å². The molecule has 0 saturated carbocycles. The summed E-state index contributed by atoms with van der Waals surface area (Å²) in [5.74, 6) is -0.640. The predicted molar refractivity (Wildman–Crippen MR) is 186 cm³/mol. The minimum Gasteiger partial charge on any atom is -0.486 e. The quantitative estimate of drug-likeness (QED) is 0.166. The van der Waals surface area contributed by atoms with Crippen molar-refractivity contribution in [3.05, 3.63) is 94.9 Å². The van der Waals surface area contributed by atoms with E-state index in [-0.39, 0.29) is 57.7 Å². The molecule has 1 aliphatic heterocycles. The van der Waals surface area contributed by atoms with E-state index in [0.717, 1.165) is 5.56 Å². The van der Waals surface area contributed by atoms with Crippen LogP contribution in [-0.4, -0.2) is 79.2 Å². The molecule has 2 heterocycles. The monoisotopic (exact) mass is 690 g/mol. The van der Waals surface area contributed by atoms with Crippen LogP contribution in [0.3, 0.4) is 0 Å². The van der Waals surface area contributed by atoms with Gasteiger partial charge in [-0.05, 0) is 69.8 Å². The van der Waals surface area contributed by atoms with E-state index in [1.54, 1.807) is 66.4 Å². The Morgan fingerprint density at radius 3 is 2.45 bits per heavy atom. The SMILES string of the molecule is Cc1noc(C)c1S(=O)(=O)Nc1cccc2c1O[C@H](CN(C)Cc1ccc(C(=O)Nc3ccccc3N)cc1)[C@H](C)CN([C@@H](C)CO)C2=O. The Morgan fingerprint density at radius 1 is 1.10 bits per heavy atom. The Morgan fingerprint density at radius 2 is 1.80 bits per heavy atom. The number of hydrogen-bond donors (Lipinski definition) is 4. The highest BCUT2D eigenvalue weighted by atomic mass is 32.2. The van der Waals surface area contributed by atoms with Gasteiger partial charge in [0.15, 0.2) is 16.4 Å². The van der Waals surface area contributed by atoms with Crippen molar-refractivity contribution in [1.82, 2.24) is 15.0 Å². The van der Waals surface area contributed by atoms with Crippen molar-refractivity contribution in [1.29, 1.82) is 0 Å². The van der Waals surface area contributed by atoms with Crippen LogP contribution < -0.4 is 20.5 Å². The molecule has 1 aromatic heterocycles. The number of rotatable bonds is 11. The second kappa shape index (κ2) is 14.7. The lowest BCUT2D eigenvalue weighted by atomic mass is 9.99. The van der Waals surface area contributed by atoms with E-state index in [1.807, 2.05) is 26.1 Å². The van der Waals surface area contributed by atoms with Crippen molar-refractivity contribution in [2.24, 2.45) is 5.92 Å². The molecule has 0 spiro atoms. The molecule has 49 heavy (non-hydrogen) atoms. The number of likely N-dealkylation sites (N-methyl/N-ethyl adjacent to an activating group) is 1. The van der Waals surface area contributed by atoms with Gasteiger partial charge in [-0.2, -0.15) is 0 Å². The summed E-state index contributed by atoms with van der Waals surface area (Å²) < 4.78 is 41.3. The Kier molecular flexibility index (Phi) is 10.6. The van der Waals surface area contributed by atoms with Crippen LogP contribution in [-0.2, 0) is 16.6 Å². The largest absolute Gasteiger partial charge is 0.486 e. The topological polar surface area (TPSA) is 180 Å². The lowest BCUT2D eigenvalue weighted by molar-refractivity contribution is 0.0344. The van der Waals surface area contributed by atoms with Gasteiger partial charge in [-0.1, -0.05) is 42.4 Å². The number of nitrogen functional groups attached to an aromatic ring is 1. The number of carbonyl (C=O) groups is 2. The number of benzene rings is 3. The van der Waals surface area contributed by atoms with Crippen LogP contribution in [0.25, 0.3) is 0 Å². The van der Waals surface area contributed by atoms with Crippen molar-refractivity contribution in [2.45, 2.75) is 51.3 Å². The maximum absolute atomic E-state index is 13.8. The summed E-state index contributed by atoms with van der Waals surface area (Å²) in [6.07, 6.45) is -0.489. The van der Waals surface area contributed by atoms with Gasteiger partial charge in [-0.25, -0.2) is 8.42 Å². The van der Waals surface area contributed by atoms with Crippen molar-refractivity contribution in [3.8, 4) is 5.75 Å².